The zero-order valence-corrected chi connectivity index (χ0v) is 19.8. The number of amides is 2. The van der Waals surface area contributed by atoms with E-state index >= 15 is 0 Å². The molecule has 1 saturated heterocycles. The molecule has 5 aromatic rings. The summed E-state index contributed by atoms with van der Waals surface area (Å²) < 4.78 is 11.1. The van der Waals surface area contributed by atoms with Gasteiger partial charge < -0.3 is 29.6 Å². The number of aliphatic hydroxyl groups is 1. The van der Waals surface area contributed by atoms with Crippen LogP contribution in [0.3, 0.4) is 0 Å². The van der Waals surface area contributed by atoms with E-state index in [-0.39, 0.29) is 11.8 Å². The number of aromatic nitrogens is 2. The Hall–Kier alpha value is -3.88. The third-order valence-electron chi connectivity index (χ3n) is 8.40. The van der Waals surface area contributed by atoms with Crippen molar-refractivity contribution in [2.75, 3.05) is 0 Å². The van der Waals surface area contributed by atoms with Crippen LogP contribution in [0, 0.1) is 0 Å². The van der Waals surface area contributed by atoms with Gasteiger partial charge in [0.15, 0.2) is 5.72 Å². The van der Waals surface area contributed by atoms with Crippen molar-refractivity contribution in [1.82, 2.24) is 19.8 Å². The van der Waals surface area contributed by atoms with E-state index in [1.54, 1.807) is 0 Å². The minimum Gasteiger partial charge on any atom is -0.386 e. The van der Waals surface area contributed by atoms with Crippen LogP contribution in [0.5, 0.6) is 0 Å². The quantitative estimate of drug-likeness (QED) is 0.341. The average Bonchev–Trinajstić information content (AvgIpc) is 3.49. The Kier molecular flexibility index (Phi) is 3.65. The number of nitrogens with zero attached hydrogens (tertiary/aromatic N) is 2. The Morgan fingerprint density at radius 3 is 2.53 bits per heavy atom. The molecule has 36 heavy (non-hydrogen) atoms. The smallest absolute Gasteiger partial charge is 0.252 e. The van der Waals surface area contributed by atoms with Crippen molar-refractivity contribution in [3.05, 3.63) is 59.7 Å². The van der Waals surface area contributed by atoms with E-state index in [0.29, 0.717) is 13.0 Å². The Labute approximate surface area is 205 Å². The largest absolute Gasteiger partial charge is 0.386 e. The van der Waals surface area contributed by atoms with Crippen molar-refractivity contribution in [3.63, 3.8) is 0 Å². The lowest BCUT2D eigenvalue weighted by molar-refractivity contribution is -0.249. The molecule has 0 spiro atoms. The number of carbonyl (C=O) groups excluding carboxylic acids is 2. The maximum atomic E-state index is 13.3. The summed E-state index contributed by atoms with van der Waals surface area (Å²) in [6, 6.07) is 15.7. The summed E-state index contributed by atoms with van der Waals surface area (Å²) in [6.45, 7) is 3.83. The molecule has 3 aromatic carbocycles. The Bertz CT molecular complexity index is 1830. The number of benzene rings is 3. The second kappa shape index (κ2) is 6.46. The third kappa shape index (κ3) is 2.18. The molecule has 180 valence electrons. The van der Waals surface area contributed by atoms with Crippen LogP contribution in [-0.4, -0.2) is 38.2 Å². The van der Waals surface area contributed by atoms with Gasteiger partial charge in [0.25, 0.3) is 5.91 Å². The van der Waals surface area contributed by atoms with Gasteiger partial charge in [-0.15, -0.1) is 0 Å². The lowest BCUT2D eigenvalue weighted by Gasteiger charge is -2.47. The molecule has 0 radical (unpaired) electrons. The van der Waals surface area contributed by atoms with Crippen LogP contribution >= 0.6 is 0 Å². The van der Waals surface area contributed by atoms with Crippen LogP contribution in [0.15, 0.2) is 48.5 Å². The van der Waals surface area contributed by atoms with E-state index in [9.17, 15) is 14.7 Å². The van der Waals surface area contributed by atoms with Gasteiger partial charge in [-0.2, -0.15) is 0 Å². The normalized spacial score (nSPS) is 26.6. The summed E-state index contributed by atoms with van der Waals surface area (Å²) in [5, 5.41) is 21.7. The van der Waals surface area contributed by atoms with E-state index in [2.05, 4.69) is 38.0 Å². The number of hydrogen-bond donors (Lipinski definition) is 3. The van der Waals surface area contributed by atoms with Crippen LogP contribution in [-0.2, 0) is 21.8 Å². The Morgan fingerprint density at radius 1 is 1.08 bits per heavy atom. The van der Waals surface area contributed by atoms with E-state index in [4.69, 9.17) is 4.74 Å². The topological polar surface area (TPSA) is 97.5 Å². The van der Waals surface area contributed by atoms with E-state index in [1.807, 2.05) is 37.3 Å². The number of carbonyl (C=O) groups is 2. The molecule has 3 N–H and O–H groups in total. The van der Waals surface area contributed by atoms with Gasteiger partial charge in [0.1, 0.15) is 12.3 Å². The number of rotatable bonds is 1. The van der Waals surface area contributed by atoms with Gasteiger partial charge >= 0.3 is 0 Å². The van der Waals surface area contributed by atoms with Crippen molar-refractivity contribution in [1.29, 1.82) is 0 Å². The highest BCUT2D eigenvalue weighted by molar-refractivity contribution is 6.31. The van der Waals surface area contributed by atoms with Crippen molar-refractivity contribution in [2.45, 2.75) is 50.9 Å². The zero-order chi connectivity index (χ0) is 24.5. The molecule has 0 unspecified atom stereocenters. The highest BCUT2D eigenvalue weighted by atomic mass is 16.6. The molecule has 3 aliphatic heterocycles. The summed E-state index contributed by atoms with van der Waals surface area (Å²) >= 11 is 0. The molecule has 2 amide bonds. The number of para-hydroxylation sites is 2. The molecule has 4 atom stereocenters. The SMILES string of the molecule is CC(=O)N[C@H]1C[C@H]2O[C@@](C)([C@@H]1O)n1c3ccccc3c3c4c(c5c6ccccc6n2c5c31)C(=O)NC4. The third-order valence-corrected chi connectivity index (χ3v) is 8.40. The number of nitrogens with one attached hydrogen (secondary N) is 2. The average molecular weight is 481 g/mol. The predicted molar refractivity (Wildman–Crippen MR) is 136 cm³/mol. The molecule has 2 bridgehead atoms. The molecular formula is C28H24N4O4. The second-order valence-electron chi connectivity index (χ2n) is 10.3. The Balaban J connectivity index is 1.67. The van der Waals surface area contributed by atoms with Crippen LogP contribution in [0.1, 0.15) is 42.4 Å². The summed E-state index contributed by atoms with van der Waals surface area (Å²) in [5.74, 6) is -0.262. The summed E-state index contributed by atoms with van der Waals surface area (Å²) in [7, 11) is 0. The summed E-state index contributed by atoms with van der Waals surface area (Å²) in [6.07, 6.45) is -1.05. The zero-order valence-electron chi connectivity index (χ0n) is 19.8. The highest BCUT2D eigenvalue weighted by Gasteiger charge is 2.52. The maximum Gasteiger partial charge on any atom is 0.252 e. The van der Waals surface area contributed by atoms with Gasteiger partial charge in [-0.1, -0.05) is 36.4 Å². The fraction of sp³-hybridized carbons (Fsp3) is 0.286. The highest BCUT2D eigenvalue weighted by Crippen LogP contribution is 2.53. The molecule has 8 heteroatoms. The van der Waals surface area contributed by atoms with Gasteiger partial charge in [-0.3, -0.25) is 9.59 Å². The van der Waals surface area contributed by atoms with Gasteiger partial charge in [0, 0.05) is 41.4 Å². The molecular weight excluding hydrogens is 456 g/mol. The van der Waals surface area contributed by atoms with Gasteiger partial charge in [-0.25, -0.2) is 0 Å². The number of ether oxygens (including phenoxy) is 1. The molecule has 5 heterocycles. The lowest BCUT2D eigenvalue weighted by Crippen LogP contribution is -2.60. The van der Waals surface area contributed by atoms with Crippen LogP contribution in [0.2, 0.25) is 0 Å². The number of aliphatic hydroxyl groups excluding tert-OH is 1. The first-order valence-electron chi connectivity index (χ1n) is 12.3. The first-order valence-corrected chi connectivity index (χ1v) is 12.3. The monoisotopic (exact) mass is 480 g/mol. The molecule has 8 nitrogen and oxygen atoms in total. The standard InChI is InChI=1S/C28H24N4O4/c1-13(33)30-17-11-20-31-18-9-5-3-7-14(18)22-23-16(12-29-27(23)35)21-15-8-4-6-10-19(15)32(25(21)24(22)31)28(2,36-20)26(17)34/h3-10,17,20,26,34H,11-12H2,1-2H3,(H,29,35)(H,30,33)/t17-,20+,26+,28-/m0/s1. The van der Waals surface area contributed by atoms with Crippen molar-refractivity contribution in [3.8, 4) is 0 Å². The van der Waals surface area contributed by atoms with Crippen LogP contribution in [0.4, 0.5) is 0 Å². The minimum atomic E-state index is -1.16. The van der Waals surface area contributed by atoms with E-state index in [1.165, 1.54) is 6.92 Å². The fourth-order valence-corrected chi connectivity index (χ4v) is 7.09. The number of hydrogen-bond acceptors (Lipinski definition) is 4. The van der Waals surface area contributed by atoms with Crippen molar-refractivity contribution >= 4 is 55.4 Å². The second-order valence-corrected chi connectivity index (χ2v) is 10.3. The van der Waals surface area contributed by atoms with Crippen LogP contribution < -0.4 is 10.6 Å². The number of fused-ring (bicyclic) bond motifs is 13. The lowest BCUT2D eigenvalue weighted by atomic mass is 9.93. The molecule has 8 rings (SSSR count). The maximum absolute atomic E-state index is 13.3. The van der Waals surface area contributed by atoms with Crippen molar-refractivity contribution in [2.24, 2.45) is 0 Å². The predicted octanol–water partition coefficient (Wildman–Crippen LogP) is 3.62. The van der Waals surface area contributed by atoms with Crippen LogP contribution in [0.25, 0.3) is 43.6 Å². The molecule has 1 fully saturated rings. The van der Waals surface area contributed by atoms with Gasteiger partial charge in [0.2, 0.25) is 5.91 Å². The van der Waals surface area contributed by atoms with Crippen molar-refractivity contribution < 1.29 is 19.4 Å². The van der Waals surface area contributed by atoms with E-state index in [0.717, 1.165) is 54.7 Å². The molecule has 3 aliphatic rings. The minimum absolute atomic E-state index is 0.0675. The van der Waals surface area contributed by atoms with E-state index < -0.39 is 24.1 Å². The first-order chi connectivity index (χ1) is 17.4. The molecule has 0 saturated carbocycles. The van der Waals surface area contributed by atoms with Gasteiger partial charge in [-0.05, 0) is 24.6 Å². The first kappa shape index (κ1) is 20.3. The molecule has 0 aliphatic carbocycles. The molecule has 2 aromatic heterocycles. The summed E-state index contributed by atoms with van der Waals surface area (Å²) in [5.41, 5.74) is 4.31. The van der Waals surface area contributed by atoms with Gasteiger partial charge in [0.05, 0.1) is 33.7 Å². The Morgan fingerprint density at radius 2 is 1.78 bits per heavy atom. The summed E-state index contributed by atoms with van der Waals surface area (Å²) in [4.78, 5) is 25.4. The fourth-order valence-electron chi connectivity index (χ4n) is 7.09.